The van der Waals surface area contributed by atoms with Crippen molar-refractivity contribution in [2.24, 2.45) is 11.7 Å². The van der Waals surface area contributed by atoms with Gasteiger partial charge in [-0.05, 0) is 5.92 Å². The predicted molar refractivity (Wildman–Crippen MR) is 37.5 cm³/mol. The first-order valence-corrected chi connectivity index (χ1v) is 3.13. The minimum absolute atomic E-state index is 0. The van der Waals surface area contributed by atoms with Crippen molar-refractivity contribution in [1.82, 2.24) is 0 Å². The van der Waals surface area contributed by atoms with E-state index in [1.165, 1.54) is 13.8 Å². The van der Waals surface area contributed by atoms with E-state index in [2.05, 4.69) is 0 Å². The molecular weight excluding hydrogens is 175 g/mol. The molecule has 0 heterocycles. The van der Waals surface area contributed by atoms with Gasteiger partial charge >= 0.3 is 6.18 Å². The van der Waals surface area contributed by atoms with Crippen molar-refractivity contribution in [2.75, 3.05) is 0 Å². The van der Waals surface area contributed by atoms with Crippen LogP contribution < -0.4 is 5.73 Å². The minimum Gasteiger partial charge on any atom is -0.412 e. The van der Waals surface area contributed by atoms with Crippen molar-refractivity contribution >= 4 is 5.78 Å². The van der Waals surface area contributed by atoms with E-state index in [4.69, 9.17) is 5.73 Å². The second-order valence-corrected chi connectivity index (χ2v) is 2.63. The third-order valence-electron chi connectivity index (χ3n) is 1.30. The van der Waals surface area contributed by atoms with Crippen molar-refractivity contribution < 1.29 is 23.4 Å². The lowest BCUT2D eigenvalue weighted by molar-refractivity contribution is -0.173. The first-order chi connectivity index (χ1) is 4.76. The number of nitrogens with two attached hydrogens (primary N) is 1. The summed E-state index contributed by atoms with van der Waals surface area (Å²) in [4.78, 5) is 10.4. The summed E-state index contributed by atoms with van der Waals surface area (Å²) in [5.41, 5.74) is 4.98. The summed E-state index contributed by atoms with van der Waals surface area (Å²) < 4.78 is 34.9. The highest BCUT2D eigenvalue weighted by molar-refractivity contribution is 5.89. The molecule has 0 amide bonds. The van der Waals surface area contributed by atoms with Gasteiger partial charge in [0.25, 0.3) is 5.78 Å². The third kappa shape index (κ3) is 3.68. The molecule has 1 atom stereocenters. The van der Waals surface area contributed by atoms with E-state index in [9.17, 15) is 18.0 Å². The zero-order valence-corrected chi connectivity index (χ0v) is 6.77. The lowest BCUT2D eigenvalue weighted by atomic mass is 10.0. The van der Waals surface area contributed by atoms with Crippen molar-refractivity contribution in [3.63, 3.8) is 0 Å². The Morgan fingerprint density at radius 2 is 1.67 bits per heavy atom. The smallest absolute Gasteiger partial charge is 0.412 e. The van der Waals surface area contributed by atoms with E-state index in [1.54, 1.807) is 0 Å². The Bertz CT molecular complexity index is 155. The molecule has 4 N–H and O–H groups in total. The molecule has 0 saturated heterocycles. The predicted octanol–water partition coefficient (Wildman–Crippen LogP) is 0.276. The zero-order valence-electron chi connectivity index (χ0n) is 6.77. The van der Waals surface area contributed by atoms with Gasteiger partial charge in [-0.3, -0.25) is 4.79 Å². The minimum atomic E-state index is -4.80. The molecule has 3 nitrogen and oxygen atoms in total. The molecule has 0 aliphatic heterocycles. The van der Waals surface area contributed by atoms with Crippen molar-refractivity contribution in [1.29, 1.82) is 0 Å². The maximum atomic E-state index is 11.6. The molecule has 0 saturated carbocycles. The Kier molecular flexibility index (Phi) is 5.13. The van der Waals surface area contributed by atoms with Gasteiger partial charge in [-0.2, -0.15) is 13.2 Å². The summed E-state index contributed by atoms with van der Waals surface area (Å²) in [7, 11) is 0. The molecule has 0 rings (SSSR count). The molecular formula is C6H12F3NO2. The zero-order chi connectivity index (χ0) is 9.23. The number of Topliss-reactive ketones (excluding diaryl/α,β-unsaturated/α-hetero) is 1. The maximum absolute atomic E-state index is 11.6. The van der Waals surface area contributed by atoms with Crippen molar-refractivity contribution in [2.45, 2.75) is 26.1 Å². The number of alkyl halides is 3. The van der Waals surface area contributed by atoms with Crippen LogP contribution >= 0.6 is 0 Å². The quantitative estimate of drug-likeness (QED) is 0.674. The number of hydrogen-bond acceptors (Lipinski definition) is 2. The third-order valence-corrected chi connectivity index (χ3v) is 1.30. The van der Waals surface area contributed by atoms with Gasteiger partial charge in [-0.15, -0.1) is 0 Å². The fourth-order valence-corrected chi connectivity index (χ4v) is 0.492. The van der Waals surface area contributed by atoms with Crippen LogP contribution in [0.3, 0.4) is 0 Å². The van der Waals surface area contributed by atoms with E-state index in [0.29, 0.717) is 0 Å². The number of carbonyl (C=O) groups excluding carboxylic acids is 1. The monoisotopic (exact) mass is 187 g/mol. The van der Waals surface area contributed by atoms with E-state index in [0.717, 1.165) is 0 Å². The highest BCUT2D eigenvalue weighted by Gasteiger charge is 2.42. The van der Waals surface area contributed by atoms with E-state index in [-0.39, 0.29) is 5.48 Å². The maximum Gasteiger partial charge on any atom is 0.451 e. The number of hydrogen-bond donors (Lipinski definition) is 1. The largest absolute Gasteiger partial charge is 0.451 e. The summed E-state index contributed by atoms with van der Waals surface area (Å²) in [6.07, 6.45) is -4.80. The van der Waals surface area contributed by atoms with Crippen LogP contribution in [0.1, 0.15) is 13.8 Å². The molecule has 0 bridgehead atoms. The summed E-state index contributed by atoms with van der Waals surface area (Å²) in [6.45, 7) is 2.93. The Labute approximate surface area is 68.0 Å². The first-order valence-electron chi connectivity index (χ1n) is 3.13. The Morgan fingerprint density at radius 1 is 1.33 bits per heavy atom. The van der Waals surface area contributed by atoms with Crippen LogP contribution in [0.4, 0.5) is 13.2 Å². The average Bonchev–Trinajstić information content (AvgIpc) is 1.82. The fraction of sp³-hybridized carbons (Fsp3) is 0.833. The van der Waals surface area contributed by atoms with Gasteiger partial charge in [-0.1, -0.05) is 13.8 Å². The van der Waals surface area contributed by atoms with Gasteiger partial charge in [0.1, 0.15) is 0 Å². The average molecular weight is 187 g/mol. The van der Waals surface area contributed by atoms with Crippen LogP contribution in [0.25, 0.3) is 0 Å². The summed E-state index contributed by atoms with van der Waals surface area (Å²) in [6, 6.07) is -1.44. The number of ketones is 1. The van der Waals surface area contributed by atoms with Crippen molar-refractivity contribution in [3.8, 4) is 0 Å². The van der Waals surface area contributed by atoms with E-state index < -0.39 is 23.9 Å². The molecule has 0 aromatic carbocycles. The van der Waals surface area contributed by atoms with E-state index >= 15 is 0 Å². The Morgan fingerprint density at radius 3 is 1.75 bits per heavy atom. The van der Waals surface area contributed by atoms with Crippen LogP contribution in [-0.2, 0) is 4.79 Å². The van der Waals surface area contributed by atoms with E-state index in [1.807, 2.05) is 0 Å². The van der Waals surface area contributed by atoms with Crippen LogP contribution in [0, 0.1) is 5.92 Å². The Hall–Kier alpha value is -0.620. The van der Waals surface area contributed by atoms with Gasteiger partial charge < -0.3 is 11.2 Å². The lowest BCUT2D eigenvalue weighted by Gasteiger charge is -2.15. The normalized spacial score (nSPS) is 13.9. The molecule has 0 aliphatic rings. The topological polar surface area (TPSA) is 74.6 Å². The van der Waals surface area contributed by atoms with Crippen LogP contribution in [-0.4, -0.2) is 23.5 Å². The molecule has 0 fully saturated rings. The van der Waals surface area contributed by atoms with Gasteiger partial charge in [0.2, 0.25) is 0 Å². The SMILES string of the molecule is CC(C)C(N)C(=O)C(F)(F)F.O. The number of carbonyl (C=O) groups is 1. The van der Waals surface area contributed by atoms with Gasteiger partial charge in [-0.25, -0.2) is 0 Å². The molecule has 0 aromatic heterocycles. The molecule has 1 unspecified atom stereocenters. The molecule has 0 radical (unpaired) electrons. The second-order valence-electron chi connectivity index (χ2n) is 2.63. The fourth-order valence-electron chi connectivity index (χ4n) is 0.492. The van der Waals surface area contributed by atoms with Crippen LogP contribution in [0.2, 0.25) is 0 Å². The van der Waals surface area contributed by atoms with Crippen LogP contribution in [0.5, 0.6) is 0 Å². The lowest BCUT2D eigenvalue weighted by Crippen LogP contribution is -2.43. The molecule has 6 heteroatoms. The van der Waals surface area contributed by atoms with Gasteiger partial charge in [0.15, 0.2) is 0 Å². The summed E-state index contributed by atoms with van der Waals surface area (Å²) in [5, 5.41) is 0. The van der Waals surface area contributed by atoms with Gasteiger partial charge in [0.05, 0.1) is 6.04 Å². The molecule has 0 aliphatic carbocycles. The highest BCUT2D eigenvalue weighted by Crippen LogP contribution is 2.19. The molecule has 0 aromatic rings. The summed E-state index contributed by atoms with van der Waals surface area (Å²) >= 11 is 0. The highest BCUT2D eigenvalue weighted by atomic mass is 19.4. The Balaban J connectivity index is 0. The van der Waals surface area contributed by atoms with Crippen LogP contribution in [0.15, 0.2) is 0 Å². The number of rotatable bonds is 2. The standard InChI is InChI=1S/C6H10F3NO.H2O/c1-3(2)4(10)5(11)6(7,8)9;/h3-4H,10H2,1-2H3;1H2. The first kappa shape index (κ1) is 13.9. The second kappa shape index (κ2) is 4.42. The van der Waals surface area contributed by atoms with Crippen molar-refractivity contribution in [3.05, 3.63) is 0 Å². The number of halogens is 3. The molecule has 0 spiro atoms. The van der Waals surface area contributed by atoms with Gasteiger partial charge in [0, 0.05) is 0 Å². The summed E-state index contributed by atoms with van der Waals surface area (Å²) in [5.74, 6) is -2.34. The molecule has 74 valence electrons. The molecule has 12 heavy (non-hydrogen) atoms.